The molecule has 0 saturated heterocycles. The SMILES string of the molecule is CN(C)c1ccc(C=NNC(=O)CC(=O)Nc2ccc(Cl)c(Cl)c2)cc1[N+](=O)[O-]. The number of halogens is 2. The Balaban J connectivity index is 1.93. The summed E-state index contributed by atoms with van der Waals surface area (Å²) in [4.78, 5) is 36.0. The smallest absolute Gasteiger partial charge is 0.293 e. The minimum Gasteiger partial charge on any atom is -0.372 e. The lowest BCUT2D eigenvalue weighted by molar-refractivity contribution is -0.384. The van der Waals surface area contributed by atoms with E-state index in [-0.39, 0.29) is 10.7 Å². The predicted molar refractivity (Wildman–Crippen MR) is 113 cm³/mol. The van der Waals surface area contributed by atoms with E-state index in [1.807, 2.05) is 0 Å². The fourth-order valence-electron chi connectivity index (χ4n) is 2.29. The quantitative estimate of drug-likeness (QED) is 0.297. The largest absolute Gasteiger partial charge is 0.372 e. The van der Waals surface area contributed by atoms with Gasteiger partial charge in [-0.1, -0.05) is 29.3 Å². The Morgan fingerprint density at radius 2 is 1.86 bits per heavy atom. The number of nitrogens with one attached hydrogen (secondary N) is 2. The highest BCUT2D eigenvalue weighted by Gasteiger charge is 2.15. The van der Waals surface area contributed by atoms with Crippen LogP contribution in [0.1, 0.15) is 12.0 Å². The maximum Gasteiger partial charge on any atom is 0.293 e. The van der Waals surface area contributed by atoms with Gasteiger partial charge in [-0.3, -0.25) is 19.7 Å². The van der Waals surface area contributed by atoms with Crippen molar-refractivity contribution in [3.63, 3.8) is 0 Å². The summed E-state index contributed by atoms with van der Waals surface area (Å²) in [6.07, 6.45) is 0.776. The number of nitro groups is 1. The van der Waals surface area contributed by atoms with E-state index in [4.69, 9.17) is 23.2 Å². The summed E-state index contributed by atoms with van der Waals surface area (Å²) in [6.45, 7) is 0. The van der Waals surface area contributed by atoms with Gasteiger partial charge in [-0.15, -0.1) is 0 Å². The average molecular weight is 438 g/mol. The van der Waals surface area contributed by atoms with Gasteiger partial charge < -0.3 is 10.2 Å². The number of amides is 2. The molecule has 0 heterocycles. The highest BCUT2D eigenvalue weighted by Crippen LogP contribution is 2.27. The van der Waals surface area contributed by atoms with Gasteiger partial charge in [0.25, 0.3) is 5.69 Å². The number of hydrazone groups is 1. The molecule has 29 heavy (non-hydrogen) atoms. The molecule has 11 heteroatoms. The Morgan fingerprint density at radius 1 is 1.14 bits per heavy atom. The van der Waals surface area contributed by atoms with E-state index in [0.29, 0.717) is 22.0 Å². The molecule has 0 radical (unpaired) electrons. The van der Waals surface area contributed by atoms with Gasteiger partial charge >= 0.3 is 0 Å². The summed E-state index contributed by atoms with van der Waals surface area (Å²) in [6, 6.07) is 9.06. The first-order valence-electron chi connectivity index (χ1n) is 8.20. The van der Waals surface area contributed by atoms with E-state index in [1.54, 1.807) is 37.2 Å². The van der Waals surface area contributed by atoms with E-state index in [0.717, 1.165) is 0 Å². The van der Waals surface area contributed by atoms with Crippen LogP contribution in [0, 0.1) is 10.1 Å². The molecule has 0 aliphatic heterocycles. The summed E-state index contributed by atoms with van der Waals surface area (Å²) in [5, 5.41) is 18.0. The van der Waals surface area contributed by atoms with Gasteiger partial charge in [0.2, 0.25) is 11.8 Å². The van der Waals surface area contributed by atoms with Crippen molar-refractivity contribution >= 4 is 58.3 Å². The Hall–Kier alpha value is -3.17. The molecule has 0 aliphatic rings. The molecule has 2 rings (SSSR count). The van der Waals surface area contributed by atoms with Crippen LogP contribution >= 0.6 is 23.2 Å². The van der Waals surface area contributed by atoms with Crippen molar-refractivity contribution in [2.24, 2.45) is 5.10 Å². The number of hydrogen-bond acceptors (Lipinski definition) is 6. The van der Waals surface area contributed by atoms with Crippen LogP contribution in [0.15, 0.2) is 41.5 Å². The molecule has 0 spiro atoms. The lowest BCUT2D eigenvalue weighted by atomic mass is 10.2. The van der Waals surface area contributed by atoms with E-state index in [9.17, 15) is 19.7 Å². The van der Waals surface area contributed by atoms with Crippen molar-refractivity contribution in [1.29, 1.82) is 0 Å². The van der Waals surface area contributed by atoms with Crippen LogP contribution in [0.25, 0.3) is 0 Å². The van der Waals surface area contributed by atoms with Crippen LogP contribution in [0.2, 0.25) is 10.0 Å². The van der Waals surface area contributed by atoms with Crippen LogP contribution in [0.4, 0.5) is 17.1 Å². The molecule has 0 aromatic heterocycles. The van der Waals surface area contributed by atoms with Gasteiger partial charge in [0.1, 0.15) is 12.1 Å². The zero-order valence-electron chi connectivity index (χ0n) is 15.5. The van der Waals surface area contributed by atoms with Crippen molar-refractivity contribution in [2.75, 3.05) is 24.3 Å². The molecule has 152 valence electrons. The van der Waals surface area contributed by atoms with Crippen LogP contribution < -0.4 is 15.6 Å². The molecule has 0 aliphatic carbocycles. The number of anilines is 2. The van der Waals surface area contributed by atoms with Gasteiger partial charge in [0, 0.05) is 31.4 Å². The summed E-state index contributed by atoms with van der Waals surface area (Å²) < 4.78 is 0. The number of nitro benzene ring substituents is 1. The number of nitrogens with zero attached hydrogens (tertiary/aromatic N) is 3. The van der Waals surface area contributed by atoms with Crippen molar-refractivity contribution in [1.82, 2.24) is 5.43 Å². The minimum absolute atomic E-state index is 0.0914. The summed E-state index contributed by atoms with van der Waals surface area (Å²) in [5.74, 6) is -1.22. The summed E-state index contributed by atoms with van der Waals surface area (Å²) in [7, 11) is 3.39. The molecular weight excluding hydrogens is 421 g/mol. The first-order valence-corrected chi connectivity index (χ1v) is 8.95. The fourth-order valence-corrected chi connectivity index (χ4v) is 2.59. The van der Waals surface area contributed by atoms with Crippen LogP contribution in [-0.4, -0.2) is 37.0 Å². The van der Waals surface area contributed by atoms with Gasteiger partial charge in [0.05, 0.1) is 21.2 Å². The first kappa shape index (κ1) is 22.1. The van der Waals surface area contributed by atoms with E-state index < -0.39 is 23.2 Å². The van der Waals surface area contributed by atoms with Gasteiger partial charge in [-0.2, -0.15) is 5.10 Å². The van der Waals surface area contributed by atoms with Gasteiger partial charge in [0.15, 0.2) is 0 Å². The molecule has 9 nitrogen and oxygen atoms in total. The number of benzene rings is 2. The normalized spacial score (nSPS) is 10.6. The molecular formula is C18H17Cl2N5O4. The minimum atomic E-state index is -0.654. The number of carbonyl (C=O) groups excluding carboxylic acids is 2. The van der Waals surface area contributed by atoms with Crippen LogP contribution in [-0.2, 0) is 9.59 Å². The Labute approximate surface area is 176 Å². The zero-order valence-corrected chi connectivity index (χ0v) is 17.0. The van der Waals surface area contributed by atoms with Crippen molar-refractivity contribution < 1.29 is 14.5 Å². The molecule has 0 atom stereocenters. The predicted octanol–water partition coefficient (Wildman–Crippen LogP) is 3.45. The van der Waals surface area contributed by atoms with Crippen molar-refractivity contribution in [3.05, 3.63) is 62.1 Å². The second-order valence-electron chi connectivity index (χ2n) is 6.05. The number of rotatable bonds is 7. The lowest BCUT2D eigenvalue weighted by Crippen LogP contribution is -2.24. The maximum absolute atomic E-state index is 11.9. The third-order valence-electron chi connectivity index (χ3n) is 3.61. The second kappa shape index (κ2) is 9.85. The monoisotopic (exact) mass is 437 g/mol. The van der Waals surface area contributed by atoms with Crippen molar-refractivity contribution in [3.8, 4) is 0 Å². The topological polar surface area (TPSA) is 117 Å². The molecule has 0 fully saturated rings. The molecule has 0 unspecified atom stereocenters. The van der Waals surface area contributed by atoms with Crippen LogP contribution in [0.3, 0.4) is 0 Å². The van der Waals surface area contributed by atoms with Gasteiger partial charge in [-0.25, -0.2) is 5.43 Å². The highest BCUT2D eigenvalue weighted by molar-refractivity contribution is 6.42. The van der Waals surface area contributed by atoms with Crippen molar-refractivity contribution in [2.45, 2.75) is 6.42 Å². The standard InChI is InChI=1S/C18H17Cl2N5O4/c1-24(2)15-6-3-11(7-16(15)25(28)29)10-21-23-18(27)9-17(26)22-12-4-5-13(19)14(20)8-12/h3-8,10H,9H2,1-2H3,(H,22,26)(H,23,27). The van der Waals surface area contributed by atoms with E-state index >= 15 is 0 Å². The van der Waals surface area contributed by atoms with Gasteiger partial charge in [-0.05, 0) is 24.3 Å². The zero-order chi connectivity index (χ0) is 21.6. The average Bonchev–Trinajstić information content (AvgIpc) is 2.64. The van der Waals surface area contributed by atoms with E-state index in [1.165, 1.54) is 24.4 Å². The summed E-state index contributed by atoms with van der Waals surface area (Å²) >= 11 is 11.7. The Kier molecular flexibility index (Phi) is 7.52. The molecule has 0 saturated carbocycles. The molecule has 0 bridgehead atoms. The molecule has 2 aromatic carbocycles. The Bertz CT molecular complexity index is 979. The maximum atomic E-state index is 11.9. The summed E-state index contributed by atoms with van der Waals surface area (Å²) in [5.41, 5.74) is 3.36. The number of hydrogen-bond donors (Lipinski definition) is 2. The molecule has 2 aromatic rings. The fraction of sp³-hybridized carbons (Fsp3) is 0.167. The third kappa shape index (κ3) is 6.44. The first-order chi connectivity index (χ1) is 13.7. The lowest BCUT2D eigenvalue weighted by Gasteiger charge is -2.12. The number of carbonyl (C=O) groups is 2. The highest BCUT2D eigenvalue weighted by atomic mass is 35.5. The van der Waals surface area contributed by atoms with Crippen LogP contribution in [0.5, 0.6) is 0 Å². The van der Waals surface area contributed by atoms with E-state index in [2.05, 4.69) is 15.8 Å². The second-order valence-corrected chi connectivity index (χ2v) is 6.86. The molecule has 2 amide bonds. The third-order valence-corrected chi connectivity index (χ3v) is 4.34. The molecule has 2 N–H and O–H groups in total. The Morgan fingerprint density at radius 3 is 2.48 bits per heavy atom.